The fraction of sp³-hybridized carbons (Fsp3) is 0.583. The summed E-state index contributed by atoms with van der Waals surface area (Å²) in [5.41, 5.74) is 0. The molecular weight excluding hydrogens is 298 g/mol. The van der Waals surface area contributed by atoms with Crippen LogP contribution in [-0.2, 0) is 4.79 Å². The van der Waals surface area contributed by atoms with Gasteiger partial charge in [0.15, 0.2) is 0 Å². The van der Waals surface area contributed by atoms with E-state index in [1.54, 1.807) is 29.3 Å². The zero-order valence-electron chi connectivity index (χ0n) is 11.1. The first-order valence-corrected chi connectivity index (χ1v) is 8.37. The summed E-state index contributed by atoms with van der Waals surface area (Å²) in [6, 6.07) is -1.04. The van der Waals surface area contributed by atoms with Crippen molar-refractivity contribution in [2.24, 2.45) is 0 Å². The second kappa shape index (κ2) is 6.94. The summed E-state index contributed by atoms with van der Waals surface area (Å²) in [4.78, 5) is 28.9. The lowest BCUT2D eigenvalue weighted by molar-refractivity contribution is -0.141. The Morgan fingerprint density at radius 3 is 3.10 bits per heavy atom. The Kier molecular flexibility index (Phi) is 5.24. The van der Waals surface area contributed by atoms with Crippen LogP contribution in [0.25, 0.3) is 0 Å². The van der Waals surface area contributed by atoms with Gasteiger partial charge in [0.1, 0.15) is 6.04 Å². The molecule has 20 heavy (non-hydrogen) atoms. The molecule has 0 saturated carbocycles. The standard InChI is InChI=1S/C12H17N3O3S2/c1-8(10-13-2-4-20-10)6-14-12(18)15-3-5-19-7-9(15)11(16)17/h2,4,8-9H,3,5-7H2,1H3,(H,14,18)(H,16,17). The van der Waals surface area contributed by atoms with Crippen LogP contribution in [0.4, 0.5) is 4.79 Å². The van der Waals surface area contributed by atoms with Crippen molar-refractivity contribution in [3.05, 3.63) is 16.6 Å². The van der Waals surface area contributed by atoms with E-state index < -0.39 is 12.0 Å². The number of aromatic nitrogens is 1. The van der Waals surface area contributed by atoms with Gasteiger partial charge >= 0.3 is 12.0 Å². The van der Waals surface area contributed by atoms with Crippen molar-refractivity contribution in [1.29, 1.82) is 0 Å². The molecule has 0 aliphatic carbocycles. The maximum Gasteiger partial charge on any atom is 0.327 e. The highest BCUT2D eigenvalue weighted by Gasteiger charge is 2.32. The lowest BCUT2D eigenvalue weighted by atomic mass is 10.2. The first-order valence-electron chi connectivity index (χ1n) is 6.34. The molecule has 1 aromatic rings. The summed E-state index contributed by atoms with van der Waals surface area (Å²) in [5, 5.41) is 14.8. The number of carbonyl (C=O) groups is 2. The lowest BCUT2D eigenvalue weighted by Gasteiger charge is -2.32. The van der Waals surface area contributed by atoms with Crippen LogP contribution in [0.15, 0.2) is 11.6 Å². The van der Waals surface area contributed by atoms with Crippen molar-refractivity contribution in [3.8, 4) is 0 Å². The third-order valence-electron chi connectivity index (χ3n) is 3.11. The van der Waals surface area contributed by atoms with Crippen LogP contribution >= 0.6 is 23.1 Å². The molecule has 2 amide bonds. The van der Waals surface area contributed by atoms with Crippen molar-refractivity contribution >= 4 is 35.1 Å². The van der Waals surface area contributed by atoms with Gasteiger partial charge in [0, 0.05) is 42.1 Å². The minimum absolute atomic E-state index is 0.126. The number of nitrogens with one attached hydrogen (secondary N) is 1. The number of thioether (sulfide) groups is 1. The van der Waals surface area contributed by atoms with Gasteiger partial charge in [0.25, 0.3) is 0 Å². The summed E-state index contributed by atoms with van der Waals surface area (Å²) >= 11 is 3.11. The molecule has 1 aliphatic rings. The van der Waals surface area contributed by atoms with Crippen LogP contribution in [0.3, 0.4) is 0 Å². The predicted molar refractivity (Wildman–Crippen MR) is 79.4 cm³/mol. The van der Waals surface area contributed by atoms with Gasteiger partial charge in [-0.15, -0.1) is 11.3 Å². The third-order valence-corrected chi connectivity index (χ3v) is 5.14. The Bertz CT molecular complexity index is 467. The molecule has 0 bridgehead atoms. The number of urea groups is 1. The first-order chi connectivity index (χ1) is 9.59. The van der Waals surface area contributed by atoms with Gasteiger partial charge in [-0.25, -0.2) is 14.6 Å². The quantitative estimate of drug-likeness (QED) is 0.879. The smallest absolute Gasteiger partial charge is 0.327 e. The van der Waals surface area contributed by atoms with Gasteiger partial charge in [-0.2, -0.15) is 11.8 Å². The SMILES string of the molecule is CC(CNC(=O)N1CCSCC1C(=O)O)c1nccs1. The van der Waals surface area contributed by atoms with E-state index in [-0.39, 0.29) is 11.9 Å². The first kappa shape index (κ1) is 15.1. The van der Waals surface area contributed by atoms with Gasteiger partial charge in [-0.1, -0.05) is 6.92 Å². The maximum atomic E-state index is 12.1. The molecule has 6 nitrogen and oxygen atoms in total. The number of rotatable bonds is 4. The number of nitrogens with zero attached hydrogens (tertiary/aromatic N) is 2. The average molecular weight is 315 g/mol. The van der Waals surface area contributed by atoms with Gasteiger partial charge in [0.05, 0.1) is 5.01 Å². The van der Waals surface area contributed by atoms with E-state index in [1.165, 1.54) is 4.90 Å². The fourth-order valence-electron chi connectivity index (χ4n) is 1.96. The molecule has 1 fully saturated rings. The van der Waals surface area contributed by atoms with Crippen molar-refractivity contribution in [2.75, 3.05) is 24.6 Å². The molecule has 0 radical (unpaired) electrons. The van der Waals surface area contributed by atoms with Crippen LogP contribution in [0.1, 0.15) is 17.8 Å². The monoisotopic (exact) mass is 315 g/mol. The molecule has 1 aromatic heterocycles. The summed E-state index contributed by atoms with van der Waals surface area (Å²) in [6.07, 6.45) is 1.74. The number of thiazole rings is 1. The number of carboxylic acids is 1. The number of hydrogen-bond acceptors (Lipinski definition) is 5. The molecule has 0 spiro atoms. The van der Waals surface area contributed by atoms with E-state index in [0.29, 0.717) is 18.8 Å². The Morgan fingerprint density at radius 2 is 2.45 bits per heavy atom. The van der Waals surface area contributed by atoms with Gasteiger partial charge in [0.2, 0.25) is 0 Å². The van der Waals surface area contributed by atoms with Crippen LogP contribution in [0.2, 0.25) is 0 Å². The number of amides is 2. The molecule has 0 aromatic carbocycles. The molecule has 2 atom stereocenters. The largest absolute Gasteiger partial charge is 0.480 e. The number of hydrogen-bond donors (Lipinski definition) is 2. The maximum absolute atomic E-state index is 12.1. The minimum atomic E-state index is -0.944. The van der Waals surface area contributed by atoms with E-state index in [1.807, 2.05) is 12.3 Å². The molecule has 2 N–H and O–H groups in total. The predicted octanol–water partition coefficient (Wildman–Crippen LogP) is 1.46. The van der Waals surface area contributed by atoms with E-state index in [4.69, 9.17) is 5.11 Å². The molecule has 110 valence electrons. The highest BCUT2D eigenvalue weighted by Crippen LogP contribution is 2.18. The molecule has 2 heterocycles. The molecule has 1 saturated heterocycles. The summed E-state index contributed by atoms with van der Waals surface area (Å²) < 4.78 is 0. The normalized spacial score (nSPS) is 20.4. The van der Waals surface area contributed by atoms with E-state index in [0.717, 1.165) is 10.8 Å². The van der Waals surface area contributed by atoms with Crippen LogP contribution in [0, 0.1) is 0 Å². The third kappa shape index (κ3) is 3.63. The zero-order valence-corrected chi connectivity index (χ0v) is 12.7. The number of aliphatic carboxylic acids is 1. The second-order valence-corrected chi connectivity index (χ2v) is 6.66. The molecular formula is C12H17N3O3S2. The summed E-state index contributed by atoms with van der Waals surface area (Å²) in [6.45, 7) is 2.92. The Hall–Kier alpha value is -1.28. The summed E-state index contributed by atoms with van der Waals surface area (Å²) in [5.74, 6) is 0.408. The second-order valence-electron chi connectivity index (χ2n) is 4.58. The van der Waals surface area contributed by atoms with Gasteiger partial charge in [-0.05, 0) is 0 Å². The van der Waals surface area contributed by atoms with Crippen LogP contribution < -0.4 is 5.32 Å². The highest BCUT2D eigenvalue weighted by molar-refractivity contribution is 7.99. The van der Waals surface area contributed by atoms with Gasteiger partial charge in [-0.3, -0.25) is 0 Å². The van der Waals surface area contributed by atoms with Crippen LogP contribution in [0.5, 0.6) is 0 Å². The number of carbonyl (C=O) groups excluding carboxylic acids is 1. The average Bonchev–Trinajstić information content (AvgIpc) is 2.98. The topological polar surface area (TPSA) is 82.5 Å². The molecule has 2 rings (SSSR count). The molecule has 8 heteroatoms. The highest BCUT2D eigenvalue weighted by atomic mass is 32.2. The minimum Gasteiger partial charge on any atom is -0.480 e. The lowest BCUT2D eigenvalue weighted by Crippen LogP contribution is -2.54. The molecule has 2 unspecified atom stereocenters. The van der Waals surface area contributed by atoms with Gasteiger partial charge < -0.3 is 15.3 Å². The Morgan fingerprint density at radius 1 is 1.65 bits per heavy atom. The number of carboxylic acid groups (broad SMARTS) is 1. The van der Waals surface area contributed by atoms with E-state index in [9.17, 15) is 9.59 Å². The zero-order chi connectivity index (χ0) is 14.5. The van der Waals surface area contributed by atoms with Crippen molar-refractivity contribution in [2.45, 2.75) is 18.9 Å². The van der Waals surface area contributed by atoms with Crippen LogP contribution in [-0.4, -0.2) is 57.6 Å². The fourth-order valence-corrected chi connectivity index (χ4v) is 3.70. The Labute approximate surface area is 125 Å². The van der Waals surface area contributed by atoms with Crippen molar-refractivity contribution < 1.29 is 14.7 Å². The Balaban J connectivity index is 1.88. The van der Waals surface area contributed by atoms with Crippen molar-refractivity contribution in [1.82, 2.24) is 15.2 Å². The van der Waals surface area contributed by atoms with E-state index >= 15 is 0 Å². The van der Waals surface area contributed by atoms with Crippen molar-refractivity contribution in [3.63, 3.8) is 0 Å². The van der Waals surface area contributed by atoms with E-state index in [2.05, 4.69) is 10.3 Å². The summed E-state index contributed by atoms with van der Waals surface area (Å²) in [7, 11) is 0. The molecule has 1 aliphatic heterocycles.